The number of carboxylic acid groups (broad SMARTS) is 1. The Bertz CT molecular complexity index is 1030. The van der Waals surface area contributed by atoms with Crippen LogP contribution in [0.15, 0.2) is 48.5 Å². The number of carbonyl (C=O) groups excluding carboxylic acids is 2. The fourth-order valence-electron chi connectivity index (χ4n) is 5.54. The zero-order chi connectivity index (χ0) is 24.8. The summed E-state index contributed by atoms with van der Waals surface area (Å²) in [6.45, 7) is 2.11. The number of fused-ring (bicyclic) bond motifs is 3. The molecule has 1 atom stereocenters. The Balaban J connectivity index is 1.33. The van der Waals surface area contributed by atoms with E-state index in [4.69, 9.17) is 4.74 Å². The maximum absolute atomic E-state index is 12.8. The molecule has 3 N–H and O–H groups in total. The zero-order valence-corrected chi connectivity index (χ0v) is 20.2. The van der Waals surface area contributed by atoms with Crippen LogP contribution < -0.4 is 10.6 Å². The van der Waals surface area contributed by atoms with Crippen molar-refractivity contribution in [1.29, 1.82) is 0 Å². The zero-order valence-electron chi connectivity index (χ0n) is 20.2. The quantitative estimate of drug-likeness (QED) is 0.471. The maximum Gasteiger partial charge on any atom is 0.407 e. The topological polar surface area (TPSA) is 105 Å². The average Bonchev–Trinajstić information content (AvgIpc) is 3.16. The second-order valence-electron chi connectivity index (χ2n) is 9.74. The van der Waals surface area contributed by atoms with Crippen LogP contribution in [0.4, 0.5) is 4.79 Å². The van der Waals surface area contributed by atoms with Crippen molar-refractivity contribution in [2.75, 3.05) is 6.61 Å². The van der Waals surface area contributed by atoms with E-state index in [1.54, 1.807) is 0 Å². The third-order valence-electron chi connectivity index (χ3n) is 7.30. The van der Waals surface area contributed by atoms with Crippen LogP contribution in [0.2, 0.25) is 0 Å². The summed E-state index contributed by atoms with van der Waals surface area (Å²) in [4.78, 5) is 36.8. The van der Waals surface area contributed by atoms with E-state index >= 15 is 0 Å². The van der Waals surface area contributed by atoms with E-state index in [9.17, 15) is 19.5 Å². The lowest BCUT2D eigenvalue weighted by molar-refractivity contribution is -0.139. The third kappa shape index (κ3) is 5.84. The molecule has 4 rings (SSSR count). The van der Waals surface area contributed by atoms with Crippen molar-refractivity contribution < 1.29 is 24.2 Å². The van der Waals surface area contributed by atoms with Crippen LogP contribution in [-0.4, -0.2) is 41.3 Å². The largest absolute Gasteiger partial charge is 0.481 e. The number of alkyl carbamates (subject to hydrolysis) is 1. The molecule has 186 valence electrons. The lowest BCUT2D eigenvalue weighted by Gasteiger charge is -2.37. The average molecular weight is 479 g/mol. The molecule has 0 saturated heterocycles. The van der Waals surface area contributed by atoms with Crippen LogP contribution in [0.1, 0.15) is 75.3 Å². The Morgan fingerprint density at radius 1 is 1.00 bits per heavy atom. The molecule has 1 unspecified atom stereocenters. The molecule has 0 aliphatic heterocycles. The van der Waals surface area contributed by atoms with Gasteiger partial charge in [-0.15, -0.1) is 0 Å². The van der Waals surface area contributed by atoms with Crippen LogP contribution in [0.3, 0.4) is 0 Å². The van der Waals surface area contributed by atoms with Crippen molar-refractivity contribution in [3.8, 4) is 11.1 Å². The maximum atomic E-state index is 12.8. The molecule has 2 aromatic rings. The van der Waals surface area contributed by atoms with E-state index in [0.717, 1.165) is 30.4 Å². The van der Waals surface area contributed by atoms with E-state index in [1.807, 2.05) is 31.2 Å². The number of carbonyl (C=O) groups is 3. The van der Waals surface area contributed by atoms with Gasteiger partial charge in [0.1, 0.15) is 6.61 Å². The monoisotopic (exact) mass is 478 g/mol. The van der Waals surface area contributed by atoms with E-state index < -0.39 is 23.6 Å². The number of hydrogen-bond acceptors (Lipinski definition) is 4. The Morgan fingerprint density at radius 2 is 1.60 bits per heavy atom. The highest BCUT2D eigenvalue weighted by molar-refractivity contribution is 5.80. The van der Waals surface area contributed by atoms with Crippen molar-refractivity contribution in [2.24, 2.45) is 0 Å². The second-order valence-corrected chi connectivity index (χ2v) is 9.74. The van der Waals surface area contributed by atoms with Gasteiger partial charge < -0.3 is 20.5 Å². The molecule has 0 bridgehead atoms. The summed E-state index contributed by atoms with van der Waals surface area (Å²) in [5, 5.41) is 15.1. The van der Waals surface area contributed by atoms with Gasteiger partial charge in [-0.05, 0) is 41.5 Å². The summed E-state index contributed by atoms with van der Waals surface area (Å²) < 4.78 is 5.62. The minimum absolute atomic E-state index is 0.0290. The van der Waals surface area contributed by atoms with Gasteiger partial charge in [-0.25, -0.2) is 4.79 Å². The van der Waals surface area contributed by atoms with Crippen LogP contribution in [0.25, 0.3) is 11.1 Å². The number of nitrogens with one attached hydrogen (secondary N) is 2. The first kappa shape index (κ1) is 24.8. The van der Waals surface area contributed by atoms with Crippen LogP contribution in [0, 0.1) is 0 Å². The van der Waals surface area contributed by atoms with Crippen molar-refractivity contribution in [3.05, 3.63) is 59.7 Å². The Hall–Kier alpha value is -3.35. The molecule has 0 radical (unpaired) electrons. The van der Waals surface area contributed by atoms with Gasteiger partial charge in [0.25, 0.3) is 0 Å². The molecule has 1 saturated carbocycles. The summed E-state index contributed by atoms with van der Waals surface area (Å²) in [6.07, 6.45) is 4.22. The molecule has 7 nitrogen and oxygen atoms in total. The normalized spacial score (nSPS) is 17.1. The number of ether oxygens (including phenoxy) is 1. The number of carboxylic acids is 1. The second kappa shape index (κ2) is 10.9. The molecule has 2 aliphatic carbocycles. The van der Waals surface area contributed by atoms with E-state index in [0.29, 0.717) is 19.3 Å². The highest BCUT2D eigenvalue weighted by atomic mass is 16.5. The molecule has 0 heterocycles. The van der Waals surface area contributed by atoms with Gasteiger partial charge >= 0.3 is 12.1 Å². The highest BCUT2D eigenvalue weighted by Crippen LogP contribution is 2.44. The number of benzene rings is 2. The molecule has 0 aromatic heterocycles. The first-order valence-corrected chi connectivity index (χ1v) is 12.5. The number of amides is 2. The highest BCUT2D eigenvalue weighted by Gasteiger charge is 2.36. The van der Waals surface area contributed by atoms with Gasteiger partial charge in [-0.2, -0.15) is 0 Å². The molecule has 2 aromatic carbocycles. The van der Waals surface area contributed by atoms with Gasteiger partial charge in [0.15, 0.2) is 0 Å². The molecule has 0 spiro atoms. The Kier molecular flexibility index (Phi) is 7.73. The molecule has 35 heavy (non-hydrogen) atoms. The number of hydrogen-bond donors (Lipinski definition) is 3. The van der Waals surface area contributed by atoms with Crippen molar-refractivity contribution in [3.63, 3.8) is 0 Å². The summed E-state index contributed by atoms with van der Waals surface area (Å²) in [6, 6.07) is 15.9. The van der Waals surface area contributed by atoms with E-state index in [2.05, 4.69) is 34.9 Å². The summed E-state index contributed by atoms with van der Waals surface area (Å²) in [5.41, 5.74) is 3.92. The number of rotatable bonds is 9. The van der Waals surface area contributed by atoms with Crippen molar-refractivity contribution in [1.82, 2.24) is 10.6 Å². The summed E-state index contributed by atoms with van der Waals surface area (Å²) >= 11 is 0. The molecular weight excluding hydrogens is 444 g/mol. The first-order chi connectivity index (χ1) is 16.9. The SMILES string of the molecule is CCC(CC(=O)NC1(CC(=O)O)CCCCC1)NC(=O)OCC1c2ccccc2-c2ccccc21. The third-order valence-corrected chi connectivity index (χ3v) is 7.30. The lowest BCUT2D eigenvalue weighted by atomic mass is 9.79. The van der Waals surface area contributed by atoms with Crippen LogP contribution in [0.5, 0.6) is 0 Å². The van der Waals surface area contributed by atoms with Gasteiger partial charge in [-0.3, -0.25) is 9.59 Å². The minimum Gasteiger partial charge on any atom is -0.481 e. The Labute approximate surface area is 206 Å². The van der Waals surface area contributed by atoms with Gasteiger partial charge in [0.2, 0.25) is 5.91 Å². The fraction of sp³-hybridized carbons (Fsp3) is 0.464. The molecule has 1 fully saturated rings. The smallest absolute Gasteiger partial charge is 0.407 e. The minimum atomic E-state index is -0.906. The van der Waals surface area contributed by atoms with Crippen molar-refractivity contribution in [2.45, 2.75) is 75.8 Å². The first-order valence-electron chi connectivity index (χ1n) is 12.5. The Morgan fingerprint density at radius 3 is 2.17 bits per heavy atom. The van der Waals surface area contributed by atoms with E-state index in [-0.39, 0.29) is 31.3 Å². The predicted octanol–water partition coefficient (Wildman–Crippen LogP) is 4.99. The lowest BCUT2D eigenvalue weighted by Crippen LogP contribution is -2.52. The summed E-state index contributed by atoms with van der Waals surface area (Å²) in [5.74, 6) is -1.17. The molecular formula is C28H34N2O5. The molecule has 7 heteroatoms. The van der Waals surface area contributed by atoms with Gasteiger partial charge in [0, 0.05) is 18.4 Å². The van der Waals surface area contributed by atoms with E-state index in [1.165, 1.54) is 11.1 Å². The standard InChI is InChI=1S/C28H34N2O5/c1-2-19(16-25(31)30-28(17-26(32)33)14-8-3-9-15-28)29-27(34)35-18-24-22-12-6-4-10-20(22)21-11-5-7-13-23(21)24/h4-7,10-13,19,24H,2-3,8-9,14-18H2,1H3,(H,29,34)(H,30,31)(H,32,33). The number of aliphatic carboxylic acids is 1. The molecule has 2 aliphatic rings. The van der Waals surface area contributed by atoms with Gasteiger partial charge in [-0.1, -0.05) is 74.7 Å². The van der Waals surface area contributed by atoms with Crippen molar-refractivity contribution >= 4 is 18.0 Å². The van der Waals surface area contributed by atoms with Crippen LogP contribution >= 0.6 is 0 Å². The van der Waals surface area contributed by atoms with Gasteiger partial charge in [0.05, 0.1) is 12.0 Å². The summed E-state index contributed by atoms with van der Waals surface area (Å²) in [7, 11) is 0. The fourth-order valence-corrected chi connectivity index (χ4v) is 5.54. The predicted molar refractivity (Wildman–Crippen MR) is 133 cm³/mol. The van der Waals surface area contributed by atoms with Crippen LogP contribution in [-0.2, 0) is 14.3 Å². The molecule has 2 amide bonds.